The van der Waals surface area contributed by atoms with Gasteiger partial charge in [0.1, 0.15) is 5.82 Å². The quantitative estimate of drug-likeness (QED) is 0.892. The zero-order chi connectivity index (χ0) is 14.8. The molecule has 1 saturated heterocycles. The first kappa shape index (κ1) is 15.0. The van der Waals surface area contributed by atoms with Crippen LogP contribution in [0.1, 0.15) is 44.2 Å². The van der Waals surface area contributed by atoms with Crippen molar-refractivity contribution in [2.75, 3.05) is 13.1 Å². The van der Waals surface area contributed by atoms with Crippen LogP contribution in [0.2, 0.25) is 0 Å². The van der Waals surface area contributed by atoms with Crippen LogP contribution in [0.15, 0.2) is 18.2 Å². The van der Waals surface area contributed by atoms with Gasteiger partial charge in [-0.2, -0.15) is 0 Å². The molecule has 0 amide bonds. The fourth-order valence-electron chi connectivity index (χ4n) is 3.88. The minimum atomic E-state index is -0.0552. The highest BCUT2D eigenvalue weighted by atomic mass is 19.1. The van der Waals surface area contributed by atoms with Gasteiger partial charge >= 0.3 is 0 Å². The monoisotopic (exact) mass is 290 g/mol. The van der Waals surface area contributed by atoms with Crippen molar-refractivity contribution >= 4 is 0 Å². The molecule has 1 N–H and O–H groups in total. The molecule has 2 atom stereocenters. The number of hydrogen-bond acceptors (Lipinski definition) is 2. The highest BCUT2D eigenvalue weighted by molar-refractivity contribution is 5.25. The molecule has 0 bridgehead atoms. The van der Waals surface area contributed by atoms with Gasteiger partial charge in [-0.05, 0) is 36.3 Å². The summed E-state index contributed by atoms with van der Waals surface area (Å²) in [7, 11) is 0. The Morgan fingerprint density at radius 3 is 2.62 bits per heavy atom. The van der Waals surface area contributed by atoms with Crippen molar-refractivity contribution in [1.82, 2.24) is 10.2 Å². The van der Waals surface area contributed by atoms with Crippen molar-refractivity contribution < 1.29 is 4.39 Å². The molecule has 1 saturated carbocycles. The maximum atomic E-state index is 14.1. The number of nitrogens with one attached hydrogen (secondary N) is 1. The zero-order valence-corrected chi connectivity index (χ0v) is 13.2. The van der Waals surface area contributed by atoms with Gasteiger partial charge in [0.15, 0.2) is 0 Å². The van der Waals surface area contributed by atoms with E-state index >= 15 is 0 Å². The second-order valence-corrected chi connectivity index (χ2v) is 7.11. The average molecular weight is 290 g/mol. The van der Waals surface area contributed by atoms with Crippen LogP contribution in [0.3, 0.4) is 0 Å². The molecule has 1 aromatic carbocycles. The molecule has 1 aromatic rings. The highest BCUT2D eigenvalue weighted by Gasteiger charge is 2.35. The molecule has 116 valence electrons. The number of rotatable bonds is 5. The predicted molar refractivity (Wildman–Crippen MR) is 84.5 cm³/mol. The predicted octanol–water partition coefficient (Wildman–Crippen LogP) is 3.56. The van der Waals surface area contributed by atoms with E-state index in [0.29, 0.717) is 6.04 Å². The molecule has 2 unspecified atom stereocenters. The maximum Gasteiger partial charge on any atom is 0.127 e. The Morgan fingerprint density at radius 2 is 1.95 bits per heavy atom. The second-order valence-electron chi connectivity index (χ2n) is 7.11. The summed E-state index contributed by atoms with van der Waals surface area (Å²) in [5, 5.41) is 3.40. The standard InChI is InChI=1S/C18H27FN2/c1-13(2)20-9-14-6-7-18(19)17(8-14)12-21-10-15-4-3-5-16(15)11-21/h6-8,13,15-16,20H,3-5,9-12H2,1-2H3. The van der Waals surface area contributed by atoms with Gasteiger partial charge in [0.05, 0.1) is 0 Å². The summed E-state index contributed by atoms with van der Waals surface area (Å²) in [5.41, 5.74) is 2.04. The van der Waals surface area contributed by atoms with E-state index in [1.54, 1.807) is 6.07 Å². The molecular formula is C18H27FN2. The molecule has 0 radical (unpaired) electrons. The van der Waals surface area contributed by atoms with Crippen LogP contribution in [0.4, 0.5) is 4.39 Å². The summed E-state index contributed by atoms with van der Waals surface area (Å²) in [4.78, 5) is 2.45. The number of likely N-dealkylation sites (tertiary alicyclic amines) is 1. The molecule has 1 heterocycles. The zero-order valence-electron chi connectivity index (χ0n) is 13.2. The van der Waals surface area contributed by atoms with E-state index in [9.17, 15) is 4.39 Å². The summed E-state index contributed by atoms with van der Waals surface area (Å²) in [6, 6.07) is 6.02. The maximum absolute atomic E-state index is 14.1. The Hall–Kier alpha value is -0.930. The van der Waals surface area contributed by atoms with Crippen molar-refractivity contribution in [3.63, 3.8) is 0 Å². The third kappa shape index (κ3) is 3.64. The number of benzene rings is 1. The Kier molecular flexibility index (Phi) is 4.60. The smallest absolute Gasteiger partial charge is 0.127 e. The molecule has 0 aromatic heterocycles. The van der Waals surface area contributed by atoms with Crippen LogP contribution < -0.4 is 5.32 Å². The minimum absolute atomic E-state index is 0.0552. The van der Waals surface area contributed by atoms with Crippen molar-refractivity contribution in [2.24, 2.45) is 11.8 Å². The molecular weight excluding hydrogens is 263 g/mol. The van der Waals surface area contributed by atoms with Crippen molar-refractivity contribution in [2.45, 2.75) is 52.2 Å². The van der Waals surface area contributed by atoms with Crippen LogP contribution in [-0.2, 0) is 13.1 Å². The first-order valence-corrected chi connectivity index (χ1v) is 8.35. The van der Waals surface area contributed by atoms with Crippen LogP contribution in [0.25, 0.3) is 0 Å². The second kappa shape index (κ2) is 6.45. The molecule has 3 heteroatoms. The molecule has 21 heavy (non-hydrogen) atoms. The van der Waals surface area contributed by atoms with Crippen LogP contribution >= 0.6 is 0 Å². The fourth-order valence-corrected chi connectivity index (χ4v) is 3.88. The van der Waals surface area contributed by atoms with Gasteiger partial charge in [-0.25, -0.2) is 4.39 Å². The molecule has 1 aliphatic heterocycles. The summed E-state index contributed by atoms with van der Waals surface area (Å²) in [6.07, 6.45) is 4.15. The van der Waals surface area contributed by atoms with E-state index in [0.717, 1.165) is 30.5 Å². The van der Waals surface area contributed by atoms with Crippen molar-refractivity contribution in [3.05, 3.63) is 35.1 Å². The molecule has 3 rings (SSSR count). The van der Waals surface area contributed by atoms with Gasteiger partial charge in [-0.3, -0.25) is 4.90 Å². The largest absolute Gasteiger partial charge is 0.310 e. The topological polar surface area (TPSA) is 15.3 Å². The van der Waals surface area contributed by atoms with Gasteiger partial charge in [0, 0.05) is 37.8 Å². The van der Waals surface area contributed by atoms with Gasteiger partial charge in [-0.1, -0.05) is 32.4 Å². The summed E-state index contributed by atoms with van der Waals surface area (Å²) in [6.45, 7) is 8.18. The van der Waals surface area contributed by atoms with Gasteiger partial charge in [-0.15, -0.1) is 0 Å². The van der Waals surface area contributed by atoms with Gasteiger partial charge < -0.3 is 5.32 Å². The van der Waals surface area contributed by atoms with E-state index in [1.165, 1.54) is 37.9 Å². The molecule has 1 aliphatic carbocycles. The summed E-state index contributed by atoms with van der Waals surface area (Å²) >= 11 is 0. The summed E-state index contributed by atoms with van der Waals surface area (Å²) < 4.78 is 14.1. The average Bonchev–Trinajstić information content (AvgIpc) is 3.00. The minimum Gasteiger partial charge on any atom is -0.310 e. The fraction of sp³-hybridized carbons (Fsp3) is 0.667. The normalized spacial score (nSPS) is 25.7. The third-order valence-corrected chi connectivity index (χ3v) is 5.02. The lowest BCUT2D eigenvalue weighted by atomic mass is 10.0. The van der Waals surface area contributed by atoms with E-state index in [4.69, 9.17) is 0 Å². The van der Waals surface area contributed by atoms with E-state index in [2.05, 4.69) is 24.1 Å². The SMILES string of the molecule is CC(C)NCc1ccc(F)c(CN2CC3CCCC3C2)c1. The van der Waals surface area contributed by atoms with Crippen LogP contribution in [-0.4, -0.2) is 24.0 Å². The van der Waals surface area contributed by atoms with Crippen molar-refractivity contribution in [3.8, 4) is 0 Å². The molecule has 2 aliphatic rings. The number of halogens is 1. The number of nitrogens with zero attached hydrogens (tertiary/aromatic N) is 1. The lowest BCUT2D eigenvalue weighted by molar-refractivity contribution is 0.298. The Balaban J connectivity index is 1.63. The van der Waals surface area contributed by atoms with Crippen molar-refractivity contribution in [1.29, 1.82) is 0 Å². The first-order chi connectivity index (χ1) is 10.1. The molecule has 0 spiro atoms. The third-order valence-electron chi connectivity index (χ3n) is 5.02. The van der Waals surface area contributed by atoms with Gasteiger partial charge in [0.2, 0.25) is 0 Å². The lowest BCUT2D eigenvalue weighted by Crippen LogP contribution is -2.23. The van der Waals surface area contributed by atoms with Crippen LogP contribution in [0.5, 0.6) is 0 Å². The molecule has 2 nitrogen and oxygen atoms in total. The first-order valence-electron chi connectivity index (χ1n) is 8.35. The van der Waals surface area contributed by atoms with Crippen LogP contribution in [0, 0.1) is 17.7 Å². The van der Waals surface area contributed by atoms with E-state index in [1.807, 2.05) is 12.1 Å². The number of fused-ring (bicyclic) bond motifs is 1. The summed E-state index contributed by atoms with van der Waals surface area (Å²) in [5.74, 6) is 1.69. The Morgan fingerprint density at radius 1 is 1.24 bits per heavy atom. The van der Waals surface area contributed by atoms with Gasteiger partial charge in [0.25, 0.3) is 0 Å². The highest BCUT2D eigenvalue weighted by Crippen LogP contribution is 2.38. The lowest BCUT2D eigenvalue weighted by Gasteiger charge is -2.18. The van der Waals surface area contributed by atoms with E-state index in [-0.39, 0.29) is 5.82 Å². The molecule has 2 fully saturated rings. The number of hydrogen-bond donors (Lipinski definition) is 1. The van der Waals surface area contributed by atoms with E-state index < -0.39 is 0 Å². The Labute approximate surface area is 127 Å². The Bertz CT molecular complexity index is 474.